The number of halogens is 2. The van der Waals surface area contributed by atoms with Crippen molar-refractivity contribution < 1.29 is 0 Å². The number of nitrogens with one attached hydrogen (secondary N) is 2. The van der Waals surface area contributed by atoms with E-state index in [0.717, 1.165) is 31.9 Å². The molecule has 0 radical (unpaired) electrons. The summed E-state index contributed by atoms with van der Waals surface area (Å²) in [6.07, 6.45) is 0. The van der Waals surface area contributed by atoms with Gasteiger partial charge in [-0.3, -0.25) is 4.99 Å². The third-order valence-corrected chi connectivity index (χ3v) is 5.85. The van der Waals surface area contributed by atoms with Crippen LogP contribution in [0.2, 0.25) is 5.02 Å². The van der Waals surface area contributed by atoms with Crippen molar-refractivity contribution in [2.45, 2.75) is 26.9 Å². The van der Waals surface area contributed by atoms with Crippen LogP contribution in [0.25, 0.3) is 10.2 Å². The van der Waals surface area contributed by atoms with Crippen LogP contribution in [0.5, 0.6) is 0 Å². The lowest BCUT2D eigenvalue weighted by molar-refractivity contribution is 0.801. The summed E-state index contributed by atoms with van der Waals surface area (Å²) < 4.78 is 1.13. The van der Waals surface area contributed by atoms with E-state index >= 15 is 0 Å². The number of aryl methyl sites for hydroxylation is 2. The molecule has 0 aliphatic carbocycles. The number of hydrogen-bond acceptors (Lipinski definition) is 5. The summed E-state index contributed by atoms with van der Waals surface area (Å²) in [6, 6.07) is 5.77. The zero-order chi connectivity index (χ0) is 17.1. The van der Waals surface area contributed by atoms with Crippen molar-refractivity contribution in [1.29, 1.82) is 0 Å². The van der Waals surface area contributed by atoms with Gasteiger partial charge >= 0.3 is 0 Å². The lowest BCUT2D eigenvalue weighted by Gasteiger charge is -2.09. The molecule has 0 bridgehead atoms. The summed E-state index contributed by atoms with van der Waals surface area (Å²) in [5, 5.41) is 9.33. The molecule has 134 valence electrons. The number of hydrogen-bond donors (Lipinski definition) is 2. The van der Waals surface area contributed by atoms with E-state index in [0.29, 0.717) is 18.1 Å². The average molecular weight is 508 g/mol. The monoisotopic (exact) mass is 507 g/mol. The van der Waals surface area contributed by atoms with Gasteiger partial charge in [0.15, 0.2) is 5.96 Å². The predicted octanol–water partition coefficient (Wildman–Crippen LogP) is 4.51. The largest absolute Gasteiger partial charge is 0.350 e. The van der Waals surface area contributed by atoms with Crippen molar-refractivity contribution in [3.63, 3.8) is 0 Å². The van der Waals surface area contributed by atoms with E-state index in [1.54, 1.807) is 29.7 Å². The van der Waals surface area contributed by atoms with Gasteiger partial charge in [0.05, 0.1) is 29.0 Å². The molecule has 0 saturated carbocycles. The third kappa shape index (κ3) is 5.25. The van der Waals surface area contributed by atoms with Gasteiger partial charge < -0.3 is 10.6 Å². The fraction of sp³-hybridized carbons (Fsp3) is 0.312. The van der Waals surface area contributed by atoms with Crippen LogP contribution >= 0.6 is 58.3 Å². The third-order valence-electron chi connectivity index (χ3n) is 3.50. The van der Waals surface area contributed by atoms with Gasteiger partial charge in [-0.25, -0.2) is 9.97 Å². The van der Waals surface area contributed by atoms with Crippen LogP contribution in [0, 0.1) is 13.8 Å². The van der Waals surface area contributed by atoms with Crippen molar-refractivity contribution in [3.8, 4) is 0 Å². The minimum absolute atomic E-state index is 0. The van der Waals surface area contributed by atoms with Gasteiger partial charge in [0.1, 0.15) is 10.0 Å². The minimum Gasteiger partial charge on any atom is -0.350 e. The van der Waals surface area contributed by atoms with E-state index in [2.05, 4.69) is 32.5 Å². The zero-order valence-electron chi connectivity index (χ0n) is 14.1. The van der Waals surface area contributed by atoms with Crippen molar-refractivity contribution in [3.05, 3.63) is 43.8 Å². The second kappa shape index (κ2) is 9.11. The lowest BCUT2D eigenvalue weighted by Crippen LogP contribution is -2.36. The van der Waals surface area contributed by atoms with Gasteiger partial charge in [-0.15, -0.1) is 46.7 Å². The summed E-state index contributed by atoms with van der Waals surface area (Å²) in [4.78, 5) is 14.6. The number of benzene rings is 1. The number of guanidine groups is 1. The number of nitrogens with zero attached hydrogens (tertiary/aromatic N) is 3. The SMILES string of the molecule is CN=C(NCc1nc(C)c(C)s1)NCc1nc2cc(Cl)ccc2s1.I. The molecule has 3 aromatic rings. The Kier molecular flexibility index (Phi) is 7.41. The molecule has 0 unspecified atom stereocenters. The first-order chi connectivity index (χ1) is 11.5. The molecule has 25 heavy (non-hydrogen) atoms. The first-order valence-corrected chi connectivity index (χ1v) is 9.48. The van der Waals surface area contributed by atoms with Crippen LogP contribution in [0.3, 0.4) is 0 Å². The fourth-order valence-electron chi connectivity index (χ4n) is 2.18. The Bertz CT molecular complexity index is 870. The molecule has 5 nitrogen and oxygen atoms in total. The molecule has 9 heteroatoms. The summed E-state index contributed by atoms with van der Waals surface area (Å²) in [7, 11) is 1.76. The molecule has 0 amide bonds. The van der Waals surface area contributed by atoms with E-state index in [9.17, 15) is 0 Å². The summed E-state index contributed by atoms with van der Waals surface area (Å²) in [5.74, 6) is 0.734. The Labute approximate surface area is 177 Å². The van der Waals surface area contributed by atoms with Gasteiger partial charge in [0.25, 0.3) is 0 Å². The molecular formula is C16H19ClIN5S2. The van der Waals surface area contributed by atoms with Gasteiger partial charge in [-0.1, -0.05) is 11.6 Å². The molecule has 3 rings (SSSR count). The molecule has 0 atom stereocenters. The minimum atomic E-state index is 0. The van der Waals surface area contributed by atoms with Crippen LogP contribution in [0.4, 0.5) is 0 Å². The molecule has 0 fully saturated rings. The highest BCUT2D eigenvalue weighted by molar-refractivity contribution is 14.0. The lowest BCUT2D eigenvalue weighted by atomic mass is 10.3. The van der Waals surface area contributed by atoms with Crippen molar-refractivity contribution in [2.24, 2.45) is 4.99 Å². The van der Waals surface area contributed by atoms with Gasteiger partial charge in [-0.05, 0) is 32.0 Å². The van der Waals surface area contributed by atoms with Crippen LogP contribution in [0.1, 0.15) is 20.6 Å². The summed E-state index contributed by atoms with van der Waals surface area (Å²) in [5.41, 5.74) is 2.02. The Balaban J connectivity index is 0.00000225. The summed E-state index contributed by atoms with van der Waals surface area (Å²) in [6.45, 7) is 5.39. The molecule has 0 spiro atoms. The second-order valence-electron chi connectivity index (χ2n) is 5.25. The molecule has 2 aromatic heterocycles. The number of aromatic nitrogens is 2. The highest BCUT2D eigenvalue weighted by atomic mass is 127. The van der Waals surface area contributed by atoms with Crippen molar-refractivity contribution in [2.75, 3.05) is 7.05 Å². The maximum Gasteiger partial charge on any atom is 0.191 e. The van der Waals surface area contributed by atoms with Crippen LogP contribution < -0.4 is 10.6 Å². The standard InChI is InChI=1S/C16H18ClN5S2.HI/c1-9-10(2)23-14(21-9)7-19-16(18-3)20-8-15-22-12-6-11(17)4-5-13(12)24-15;/h4-6H,7-8H2,1-3H3,(H2,18,19,20);1H. The van der Waals surface area contributed by atoms with E-state index in [1.807, 2.05) is 25.1 Å². The topological polar surface area (TPSA) is 62.2 Å². The molecular weight excluding hydrogens is 489 g/mol. The number of rotatable bonds is 4. The Morgan fingerprint density at radius 2 is 1.80 bits per heavy atom. The van der Waals surface area contributed by atoms with Crippen LogP contribution in [0.15, 0.2) is 23.2 Å². The van der Waals surface area contributed by atoms with E-state index in [4.69, 9.17) is 11.6 Å². The molecule has 1 aromatic carbocycles. The Morgan fingerprint density at radius 3 is 2.40 bits per heavy atom. The average Bonchev–Trinajstić information content (AvgIpc) is 3.10. The van der Waals surface area contributed by atoms with Crippen molar-refractivity contribution >= 4 is 74.4 Å². The fourth-order valence-corrected chi connectivity index (χ4v) is 4.11. The highest BCUT2D eigenvalue weighted by Gasteiger charge is 2.07. The van der Waals surface area contributed by atoms with Crippen molar-refractivity contribution in [1.82, 2.24) is 20.6 Å². The number of fused-ring (bicyclic) bond motifs is 1. The maximum atomic E-state index is 6.01. The number of aliphatic imine (C=N–C) groups is 1. The maximum absolute atomic E-state index is 6.01. The van der Waals surface area contributed by atoms with E-state index in [-0.39, 0.29) is 24.0 Å². The van der Waals surface area contributed by atoms with Gasteiger partial charge in [0.2, 0.25) is 0 Å². The summed E-state index contributed by atoms with van der Waals surface area (Å²) >= 11 is 9.36. The second-order valence-corrected chi connectivity index (χ2v) is 8.09. The van der Waals surface area contributed by atoms with Gasteiger partial charge in [-0.2, -0.15) is 0 Å². The van der Waals surface area contributed by atoms with E-state index in [1.165, 1.54) is 4.88 Å². The van der Waals surface area contributed by atoms with Gasteiger partial charge in [0, 0.05) is 16.9 Å². The first kappa shape index (κ1) is 20.3. The first-order valence-electron chi connectivity index (χ1n) is 7.47. The molecule has 0 saturated heterocycles. The Morgan fingerprint density at radius 1 is 1.12 bits per heavy atom. The normalized spacial score (nSPS) is 11.4. The smallest absolute Gasteiger partial charge is 0.191 e. The zero-order valence-corrected chi connectivity index (χ0v) is 18.8. The predicted molar refractivity (Wildman–Crippen MR) is 119 cm³/mol. The Hall–Kier alpha value is -0.970. The molecule has 0 aliphatic rings. The highest BCUT2D eigenvalue weighted by Crippen LogP contribution is 2.24. The molecule has 2 N–H and O–H groups in total. The molecule has 2 heterocycles. The number of thiazole rings is 2. The van der Waals surface area contributed by atoms with Crippen LogP contribution in [-0.2, 0) is 13.1 Å². The van der Waals surface area contributed by atoms with Crippen LogP contribution in [-0.4, -0.2) is 23.0 Å². The van der Waals surface area contributed by atoms with E-state index < -0.39 is 0 Å². The molecule has 0 aliphatic heterocycles. The quantitative estimate of drug-likeness (QED) is 0.310.